The lowest BCUT2D eigenvalue weighted by Crippen LogP contribution is -2.44. The lowest BCUT2D eigenvalue weighted by Gasteiger charge is -2.34. The highest BCUT2D eigenvalue weighted by atomic mass is 16.2. The van der Waals surface area contributed by atoms with Crippen LogP contribution >= 0.6 is 0 Å². The van der Waals surface area contributed by atoms with Crippen molar-refractivity contribution in [2.45, 2.75) is 32.2 Å². The second-order valence-corrected chi connectivity index (χ2v) is 10.2. The second kappa shape index (κ2) is 8.09. The van der Waals surface area contributed by atoms with Crippen LogP contribution in [0.15, 0.2) is 48.5 Å². The Morgan fingerprint density at radius 1 is 1.03 bits per heavy atom. The molecule has 3 aliphatic rings. The van der Waals surface area contributed by atoms with Crippen molar-refractivity contribution in [2.75, 3.05) is 49.6 Å². The van der Waals surface area contributed by atoms with Gasteiger partial charge in [0.25, 0.3) is 11.8 Å². The number of amides is 2. The normalized spacial score (nSPS) is 18.9. The summed E-state index contributed by atoms with van der Waals surface area (Å²) in [4.78, 5) is 33.1. The largest absolute Gasteiger partial charge is 0.369 e. The maximum Gasteiger partial charge on any atom is 0.258 e. The fraction of sp³-hybridized carbons (Fsp3) is 0.379. The van der Waals surface area contributed by atoms with Crippen LogP contribution in [-0.4, -0.2) is 56.5 Å². The summed E-state index contributed by atoms with van der Waals surface area (Å²) in [6, 6.07) is 16.4. The van der Waals surface area contributed by atoms with E-state index in [2.05, 4.69) is 58.6 Å². The number of carbonyl (C=O) groups excluding carboxylic acids is 2. The van der Waals surface area contributed by atoms with E-state index in [4.69, 9.17) is 0 Å². The molecule has 180 valence electrons. The number of benzene rings is 3. The molecule has 6 rings (SSSR count). The lowest BCUT2D eigenvalue weighted by atomic mass is 9.94. The molecule has 2 aliphatic heterocycles. The highest BCUT2D eigenvalue weighted by Crippen LogP contribution is 2.51. The summed E-state index contributed by atoms with van der Waals surface area (Å²) in [6.45, 7) is 8.66. The van der Waals surface area contributed by atoms with Crippen LogP contribution in [-0.2, 0) is 5.54 Å². The van der Waals surface area contributed by atoms with Gasteiger partial charge in [-0.05, 0) is 74.5 Å². The van der Waals surface area contributed by atoms with Crippen LogP contribution in [0.1, 0.15) is 51.6 Å². The van der Waals surface area contributed by atoms with E-state index in [1.54, 1.807) is 0 Å². The van der Waals surface area contributed by atoms with Crippen molar-refractivity contribution in [2.24, 2.45) is 0 Å². The van der Waals surface area contributed by atoms with Crippen LogP contribution in [0, 0.1) is 6.92 Å². The first kappa shape index (κ1) is 22.1. The third-order valence-corrected chi connectivity index (χ3v) is 8.05. The van der Waals surface area contributed by atoms with Crippen molar-refractivity contribution in [3.8, 4) is 0 Å². The molecule has 3 aromatic rings. The molecule has 0 bridgehead atoms. The molecular formula is C29H32N4O2. The van der Waals surface area contributed by atoms with E-state index in [-0.39, 0.29) is 17.4 Å². The molecule has 2 fully saturated rings. The van der Waals surface area contributed by atoms with Crippen molar-refractivity contribution in [3.63, 3.8) is 0 Å². The Balaban J connectivity index is 1.32. The summed E-state index contributed by atoms with van der Waals surface area (Å²) in [6.07, 6.45) is 1.81. The Morgan fingerprint density at radius 2 is 1.80 bits per heavy atom. The molecule has 2 amide bonds. The third kappa shape index (κ3) is 3.50. The number of hydrogen-bond donors (Lipinski definition) is 1. The SMILES string of the molecule is CCN1C(=O)c2cccc3c(C4(NC(=O)c5cc(N6CCN(C)CC6)ccc5C)CC4)ccc1c23. The van der Waals surface area contributed by atoms with Crippen LogP contribution in [0.4, 0.5) is 11.4 Å². The van der Waals surface area contributed by atoms with Gasteiger partial charge in [0.15, 0.2) is 0 Å². The van der Waals surface area contributed by atoms with Crippen molar-refractivity contribution in [1.29, 1.82) is 0 Å². The first-order valence-corrected chi connectivity index (χ1v) is 12.7. The van der Waals surface area contributed by atoms with E-state index in [0.717, 1.165) is 83.4 Å². The van der Waals surface area contributed by atoms with Crippen molar-refractivity contribution in [3.05, 3.63) is 70.8 Å². The van der Waals surface area contributed by atoms with E-state index in [1.807, 2.05) is 30.9 Å². The van der Waals surface area contributed by atoms with Crippen LogP contribution < -0.4 is 15.1 Å². The minimum atomic E-state index is -0.382. The molecule has 3 aromatic carbocycles. The number of piperazine rings is 1. The summed E-state index contributed by atoms with van der Waals surface area (Å²) in [5.41, 5.74) is 5.32. The molecule has 1 saturated carbocycles. The third-order valence-electron chi connectivity index (χ3n) is 8.05. The molecule has 1 N–H and O–H groups in total. The quantitative estimate of drug-likeness (QED) is 0.607. The van der Waals surface area contributed by atoms with E-state index in [0.29, 0.717) is 6.54 Å². The van der Waals surface area contributed by atoms with Crippen molar-refractivity contribution >= 4 is 34.0 Å². The van der Waals surface area contributed by atoms with Crippen molar-refractivity contribution in [1.82, 2.24) is 10.2 Å². The molecule has 6 heteroatoms. The zero-order valence-corrected chi connectivity index (χ0v) is 20.7. The molecule has 6 nitrogen and oxygen atoms in total. The van der Waals surface area contributed by atoms with E-state index in [1.165, 1.54) is 0 Å². The van der Waals surface area contributed by atoms with Gasteiger partial charge in [-0.1, -0.05) is 24.3 Å². The van der Waals surface area contributed by atoms with E-state index in [9.17, 15) is 9.59 Å². The lowest BCUT2D eigenvalue weighted by molar-refractivity contribution is 0.0929. The van der Waals surface area contributed by atoms with Gasteiger partial charge in [0.05, 0.1) is 11.2 Å². The molecule has 2 heterocycles. The predicted molar refractivity (Wildman–Crippen MR) is 141 cm³/mol. The van der Waals surface area contributed by atoms with Gasteiger partial charge >= 0.3 is 0 Å². The number of anilines is 2. The maximum absolute atomic E-state index is 13.6. The summed E-state index contributed by atoms with van der Waals surface area (Å²) in [5, 5.41) is 5.49. The standard InChI is InChI=1S/C29H32N4O2/c1-4-33-25-11-10-24(21-6-5-7-22(26(21)25)28(33)35)29(12-13-29)30-27(34)23-18-20(9-8-19(23)2)32-16-14-31(3)15-17-32/h5-11,18H,4,12-17H2,1-3H3,(H,30,34). The molecule has 35 heavy (non-hydrogen) atoms. The van der Waals surface area contributed by atoms with Gasteiger partial charge in [-0.2, -0.15) is 0 Å². The smallest absolute Gasteiger partial charge is 0.258 e. The molecule has 1 aliphatic carbocycles. The number of rotatable bonds is 5. The Bertz CT molecular complexity index is 1350. The number of nitrogens with one attached hydrogen (secondary N) is 1. The number of hydrogen-bond acceptors (Lipinski definition) is 4. The van der Waals surface area contributed by atoms with Crippen LogP contribution in [0.5, 0.6) is 0 Å². The number of likely N-dealkylation sites (N-methyl/N-ethyl adjacent to an activating group) is 1. The summed E-state index contributed by atoms with van der Waals surface area (Å²) >= 11 is 0. The highest BCUT2D eigenvalue weighted by molar-refractivity contribution is 6.25. The molecule has 1 saturated heterocycles. The second-order valence-electron chi connectivity index (χ2n) is 10.2. The fourth-order valence-electron chi connectivity index (χ4n) is 5.76. The van der Waals surface area contributed by atoms with Crippen molar-refractivity contribution < 1.29 is 9.59 Å². The van der Waals surface area contributed by atoms with Gasteiger partial charge < -0.3 is 20.0 Å². The Hall–Kier alpha value is -3.38. The average Bonchev–Trinajstić information content (AvgIpc) is 3.58. The maximum atomic E-state index is 13.6. The average molecular weight is 469 g/mol. The summed E-state index contributed by atoms with van der Waals surface area (Å²) in [7, 11) is 2.15. The minimum Gasteiger partial charge on any atom is -0.369 e. The number of carbonyl (C=O) groups is 2. The first-order chi connectivity index (χ1) is 16.9. The van der Waals surface area contributed by atoms with Gasteiger partial charge in [0.1, 0.15) is 0 Å². The predicted octanol–water partition coefficient (Wildman–Crippen LogP) is 4.30. The fourth-order valence-corrected chi connectivity index (χ4v) is 5.76. The Kier molecular flexibility index (Phi) is 5.11. The van der Waals surface area contributed by atoms with Crippen LogP contribution in [0.3, 0.4) is 0 Å². The van der Waals surface area contributed by atoms with Gasteiger partial charge in [0, 0.05) is 54.9 Å². The molecule has 0 atom stereocenters. The van der Waals surface area contributed by atoms with E-state index >= 15 is 0 Å². The summed E-state index contributed by atoms with van der Waals surface area (Å²) in [5.74, 6) is 0.0426. The molecule has 0 unspecified atom stereocenters. The minimum absolute atomic E-state index is 0.0227. The van der Waals surface area contributed by atoms with Gasteiger partial charge in [-0.15, -0.1) is 0 Å². The topological polar surface area (TPSA) is 55.9 Å². The van der Waals surface area contributed by atoms with Crippen LogP contribution in [0.2, 0.25) is 0 Å². The Labute approximate surface area is 206 Å². The number of nitrogens with zero attached hydrogens (tertiary/aromatic N) is 3. The monoisotopic (exact) mass is 468 g/mol. The van der Waals surface area contributed by atoms with Gasteiger partial charge in [-0.3, -0.25) is 9.59 Å². The molecule has 0 aromatic heterocycles. The van der Waals surface area contributed by atoms with Gasteiger partial charge in [-0.25, -0.2) is 0 Å². The molecular weight excluding hydrogens is 436 g/mol. The highest BCUT2D eigenvalue weighted by Gasteiger charge is 2.47. The zero-order valence-electron chi connectivity index (χ0n) is 20.7. The summed E-state index contributed by atoms with van der Waals surface area (Å²) < 4.78 is 0. The Morgan fingerprint density at radius 3 is 2.51 bits per heavy atom. The van der Waals surface area contributed by atoms with E-state index < -0.39 is 0 Å². The van der Waals surface area contributed by atoms with Crippen LogP contribution in [0.25, 0.3) is 10.8 Å². The molecule has 0 spiro atoms. The zero-order chi connectivity index (χ0) is 24.3. The number of aryl methyl sites for hydroxylation is 1. The molecule has 0 radical (unpaired) electrons. The first-order valence-electron chi connectivity index (χ1n) is 12.7. The van der Waals surface area contributed by atoms with Gasteiger partial charge in [0.2, 0.25) is 0 Å².